The highest BCUT2D eigenvalue weighted by Gasteiger charge is 2.10. The first kappa shape index (κ1) is 13.7. The quantitative estimate of drug-likeness (QED) is 0.846. The van der Waals surface area contributed by atoms with Crippen LogP contribution in [0.3, 0.4) is 0 Å². The third kappa shape index (κ3) is 4.17. The molecule has 5 heteroatoms. The molecule has 2 aromatic heterocycles. The van der Waals surface area contributed by atoms with Gasteiger partial charge < -0.3 is 5.32 Å². The molecule has 0 amide bonds. The van der Waals surface area contributed by atoms with E-state index in [1.807, 2.05) is 5.51 Å². The molecule has 0 aliphatic rings. The molecule has 0 bridgehead atoms. The molecule has 0 aromatic carbocycles. The van der Waals surface area contributed by atoms with E-state index in [1.54, 1.807) is 22.7 Å². The third-order valence-electron chi connectivity index (χ3n) is 2.97. The molecular weight excluding hydrogens is 262 g/mol. The second kappa shape index (κ2) is 6.99. The topological polar surface area (TPSA) is 28.2 Å². The van der Waals surface area contributed by atoms with E-state index in [1.165, 1.54) is 4.88 Å². The van der Waals surface area contributed by atoms with Crippen LogP contribution in [0.15, 0.2) is 28.4 Å². The monoisotopic (exact) mass is 281 g/mol. The van der Waals surface area contributed by atoms with Gasteiger partial charge in [0.05, 0.1) is 11.2 Å². The SMILES string of the molecule is CC(CNCc1cccs1)N(C)Cc1cscn1. The molecule has 98 valence electrons. The van der Waals surface area contributed by atoms with Crippen LogP contribution in [0.4, 0.5) is 0 Å². The molecule has 0 radical (unpaired) electrons. The van der Waals surface area contributed by atoms with Gasteiger partial charge in [-0.2, -0.15) is 0 Å². The zero-order valence-electron chi connectivity index (χ0n) is 10.8. The van der Waals surface area contributed by atoms with Gasteiger partial charge >= 0.3 is 0 Å². The number of hydrogen-bond acceptors (Lipinski definition) is 5. The summed E-state index contributed by atoms with van der Waals surface area (Å²) >= 11 is 3.46. The second-order valence-corrected chi connectivity index (χ2v) is 6.21. The highest BCUT2D eigenvalue weighted by molar-refractivity contribution is 7.09. The third-order valence-corrected chi connectivity index (χ3v) is 4.48. The molecule has 1 N–H and O–H groups in total. The summed E-state index contributed by atoms with van der Waals surface area (Å²) in [6.07, 6.45) is 0. The van der Waals surface area contributed by atoms with Crippen LogP contribution in [0.25, 0.3) is 0 Å². The molecule has 0 saturated heterocycles. The fourth-order valence-electron chi connectivity index (χ4n) is 1.70. The molecule has 18 heavy (non-hydrogen) atoms. The number of thiazole rings is 1. The minimum absolute atomic E-state index is 0.506. The summed E-state index contributed by atoms with van der Waals surface area (Å²) in [4.78, 5) is 8.04. The maximum absolute atomic E-state index is 4.32. The zero-order valence-corrected chi connectivity index (χ0v) is 12.4. The van der Waals surface area contributed by atoms with Gasteiger partial charge in [-0.3, -0.25) is 4.90 Å². The van der Waals surface area contributed by atoms with E-state index in [0.717, 1.165) is 25.3 Å². The molecular formula is C13H19N3S2. The summed E-state index contributed by atoms with van der Waals surface area (Å²) in [6.45, 7) is 5.13. The van der Waals surface area contributed by atoms with E-state index >= 15 is 0 Å². The van der Waals surface area contributed by atoms with Crippen LogP contribution in [0.5, 0.6) is 0 Å². The highest BCUT2D eigenvalue weighted by Crippen LogP contribution is 2.09. The Balaban J connectivity index is 1.69. The number of nitrogens with one attached hydrogen (secondary N) is 1. The number of likely N-dealkylation sites (N-methyl/N-ethyl adjacent to an activating group) is 1. The molecule has 0 aliphatic heterocycles. The summed E-state index contributed by atoms with van der Waals surface area (Å²) in [7, 11) is 2.15. The van der Waals surface area contributed by atoms with Crippen molar-refractivity contribution in [3.05, 3.63) is 39.0 Å². The maximum atomic E-state index is 4.32. The Hall–Kier alpha value is -0.750. The van der Waals surface area contributed by atoms with Crippen molar-refractivity contribution in [2.45, 2.75) is 26.1 Å². The van der Waals surface area contributed by atoms with Gasteiger partial charge in [0.25, 0.3) is 0 Å². The van der Waals surface area contributed by atoms with Crippen molar-refractivity contribution in [1.29, 1.82) is 0 Å². The molecule has 0 spiro atoms. The summed E-state index contributed by atoms with van der Waals surface area (Å²) in [5, 5.41) is 7.73. The summed E-state index contributed by atoms with van der Waals surface area (Å²) in [5.41, 5.74) is 3.05. The van der Waals surface area contributed by atoms with Crippen LogP contribution < -0.4 is 5.32 Å². The largest absolute Gasteiger partial charge is 0.310 e. The lowest BCUT2D eigenvalue weighted by atomic mass is 10.2. The smallest absolute Gasteiger partial charge is 0.0795 e. The number of thiophene rings is 1. The van der Waals surface area contributed by atoms with Gasteiger partial charge in [0.2, 0.25) is 0 Å². The van der Waals surface area contributed by atoms with E-state index in [9.17, 15) is 0 Å². The van der Waals surface area contributed by atoms with Gasteiger partial charge in [-0.05, 0) is 25.4 Å². The molecule has 2 heterocycles. The van der Waals surface area contributed by atoms with Gasteiger partial charge in [0.1, 0.15) is 0 Å². The fourth-order valence-corrected chi connectivity index (χ4v) is 2.92. The Bertz CT molecular complexity index is 425. The molecule has 3 nitrogen and oxygen atoms in total. The van der Waals surface area contributed by atoms with E-state index < -0.39 is 0 Å². The van der Waals surface area contributed by atoms with Crippen molar-refractivity contribution in [3.8, 4) is 0 Å². The highest BCUT2D eigenvalue weighted by atomic mass is 32.1. The van der Waals surface area contributed by atoms with Crippen LogP contribution >= 0.6 is 22.7 Å². The standard InChI is InChI=1S/C13H19N3S2/c1-11(6-14-7-13-4-3-5-18-13)16(2)8-12-9-17-10-15-12/h3-5,9-11,14H,6-8H2,1-2H3. The lowest BCUT2D eigenvalue weighted by Gasteiger charge is -2.24. The Kier molecular flexibility index (Phi) is 5.31. The van der Waals surface area contributed by atoms with Crippen LogP contribution in [-0.2, 0) is 13.1 Å². The predicted octanol–water partition coefficient (Wildman–Crippen LogP) is 2.81. The minimum Gasteiger partial charge on any atom is -0.310 e. The van der Waals surface area contributed by atoms with E-state index in [4.69, 9.17) is 0 Å². The summed E-state index contributed by atoms with van der Waals surface area (Å²) in [6, 6.07) is 4.77. The predicted molar refractivity (Wildman–Crippen MR) is 79.1 cm³/mol. The average molecular weight is 281 g/mol. The Morgan fingerprint density at radius 3 is 3.06 bits per heavy atom. The number of aromatic nitrogens is 1. The van der Waals surface area contributed by atoms with Crippen molar-refractivity contribution < 1.29 is 0 Å². The fraction of sp³-hybridized carbons (Fsp3) is 0.462. The Labute approximate surface area is 116 Å². The van der Waals surface area contributed by atoms with Crippen molar-refractivity contribution in [2.24, 2.45) is 0 Å². The van der Waals surface area contributed by atoms with Gasteiger partial charge in [0, 0.05) is 35.9 Å². The van der Waals surface area contributed by atoms with Gasteiger partial charge in [-0.25, -0.2) is 4.98 Å². The first-order valence-corrected chi connectivity index (χ1v) is 7.88. The van der Waals surface area contributed by atoms with Gasteiger partial charge in [-0.1, -0.05) is 6.07 Å². The van der Waals surface area contributed by atoms with E-state index in [2.05, 4.69) is 52.1 Å². The Morgan fingerprint density at radius 2 is 2.39 bits per heavy atom. The van der Waals surface area contributed by atoms with Crippen LogP contribution in [0.2, 0.25) is 0 Å². The lowest BCUT2D eigenvalue weighted by molar-refractivity contribution is 0.240. The van der Waals surface area contributed by atoms with Gasteiger partial charge in [-0.15, -0.1) is 22.7 Å². The average Bonchev–Trinajstić information content (AvgIpc) is 3.01. The number of nitrogens with zero attached hydrogens (tertiary/aromatic N) is 2. The van der Waals surface area contributed by atoms with E-state index in [0.29, 0.717) is 6.04 Å². The molecule has 0 aliphatic carbocycles. The molecule has 1 unspecified atom stereocenters. The summed E-state index contributed by atoms with van der Waals surface area (Å²) < 4.78 is 0. The molecule has 0 fully saturated rings. The van der Waals surface area contributed by atoms with Crippen molar-refractivity contribution in [3.63, 3.8) is 0 Å². The first-order valence-electron chi connectivity index (χ1n) is 6.06. The van der Waals surface area contributed by atoms with Crippen LogP contribution in [0.1, 0.15) is 17.5 Å². The van der Waals surface area contributed by atoms with Crippen LogP contribution in [0, 0.1) is 0 Å². The normalized spacial score (nSPS) is 13.1. The molecule has 2 rings (SSSR count). The molecule has 1 atom stereocenters. The number of hydrogen-bond donors (Lipinski definition) is 1. The van der Waals surface area contributed by atoms with Gasteiger partial charge in [0.15, 0.2) is 0 Å². The zero-order chi connectivity index (χ0) is 12.8. The minimum atomic E-state index is 0.506. The molecule has 2 aromatic rings. The van der Waals surface area contributed by atoms with E-state index in [-0.39, 0.29) is 0 Å². The maximum Gasteiger partial charge on any atom is 0.0795 e. The van der Waals surface area contributed by atoms with Crippen molar-refractivity contribution >= 4 is 22.7 Å². The molecule has 0 saturated carbocycles. The van der Waals surface area contributed by atoms with Crippen molar-refractivity contribution in [1.82, 2.24) is 15.2 Å². The first-order chi connectivity index (χ1) is 8.75. The Morgan fingerprint density at radius 1 is 1.50 bits per heavy atom. The van der Waals surface area contributed by atoms with Crippen molar-refractivity contribution in [2.75, 3.05) is 13.6 Å². The lowest BCUT2D eigenvalue weighted by Crippen LogP contribution is -2.37. The number of rotatable bonds is 7. The second-order valence-electron chi connectivity index (χ2n) is 4.45. The van der Waals surface area contributed by atoms with Crippen LogP contribution in [-0.4, -0.2) is 29.5 Å². The summed E-state index contributed by atoms with van der Waals surface area (Å²) in [5.74, 6) is 0.